The molecule has 2 aromatic heterocycles. The molecular formula is C18H18N4O2S3. The van der Waals surface area contributed by atoms with Gasteiger partial charge in [0.05, 0.1) is 24.2 Å². The summed E-state index contributed by atoms with van der Waals surface area (Å²) in [7, 11) is 0. The number of anilines is 2. The second kappa shape index (κ2) is 10.2. The Hall–Kier alpha value is -2.23. The highest BCUT2D eigenvalue weighted by Crippen LogP contribution is 2.28. The molecule has 0 saturated heterocycles. The lowest BCUT2D eigenvalue weighted by Gasteiger charge is -2.09. The third-order valence-corrected chi connectivity index (χ3v) is 6.33. The highest BCUT2D eigenvalue weighted by molar-refractivity contribution is 8.01. The molecule has 0 atom stereocenters. The Morgan fingerprint density at radius 1 is 1.22 bits per heavy atom. The molecule has 0 spiro atoms. The number of para-hydroxylation sites is 1. The largest absolute Gasteiger partial charge is 0.467 e. The van der Waals surface area contributed by atoms with Gasteiger partial charge in [0.15, 0.2) is 4.34 Å². The van der Waals surface area contributed by atoms with Gasteiger partial charge in [-0.3, -0.25) is 4.79 Å². The van der Waals surface area contributed by atoms with E-state index >= 15 is 0 Å². The monoisotopic (exact) mass is 418 g/mol. The maximum Gasteiger partial charge on any atom is 0.234 e. The van der Waals surface area contributed by atoms with Gasteiger partial charge in [-0.25, -0.2) is 0 Å². The normalized spacial score (nSPS) is 10.5. The van der Waals surface area contributed by atoms with Crippen molar-refractivity contribution in [1.82, 2.24) is 10.2 Å². The van der Waals surface area contributed by atoms with Gasteiger partial charge in [0, 0.05) is 10.6 Å². The molecule has 0 aliphatic heterocycles. The fourth-order valence-electron chi connectivity index (χ4n) is 2.07. The van der Waals surface area contributed by atoms with E-state index < -0.39 is 0 Å². The zero-order chi connectivity index (χ0) is 18.9. The van der Waals surface area contributed by atoms with Crippen molar-refractivity contribution in [2.75, 3.05) is 22.1 Å². The maximum absolute atomic E-state index is 12.3. The molecule has 1 amide bonds. The summed E-state index contributed by atoms with van der Waals surface area (Å²) in [5.74, 6) is 1.81. The molecule has 3 aromatic rings. The van der Waals surface area contributed by atoms with Gasteiger partial charge < -0.3 is 15.1 Å². The number of furan rings is 1. The number of nitrogens with one attached hydrogen (secondary N) is 2. The molecule has 2 N–H and O–H groups in total. The van der Waals surface area contributed by atoms with E-state index in [2.05, 4.69) is 27.4 Å². The van der Waals surface area contributed by atoms with Crippen molar-refractivity contribution in [3.8, 4) is 0 Å². The van der Waals surface area contributed by atoms with Crippen molar-refractivity contribution in [3.05, 3.63) is 61.1 Å². The third-order valence-electron chi connectivity index (χ3n) is 3.24. The Bertz CT molecular complexity index is 880. The molecule has 1 aromatic carbocycles. The number of aromatic nitrogens is 2. The average Bonchev–Trinajstić information content (AvgIpc) is 3.36. The standard InChI is InChI=1S/C18H18N4O2S3/c1-2-10-25-15-8-4-3-7-14(15)20-16(23)12-26-18-22-21-17(27-18)19-11-13-6-5-9-24-13/h2-9H,1,10-12H2,(H,19,21)(H,20,23). The van der Waals surface area contributed by atoms with E-state index in [1.165, 1.54) is 23.1 Å². The quantitative estimate of drug-likeness (QED) is 0.363. The molecule has 0 radical (unpaired) electrons. The Labute approximate surface area is 169 Å². The summed E-state index contributed by atoms with van der Waals surface area (Å²) >= 11 is 4.41. The zero-order valence-corrected chi connectivity index (χ0v) is 16.8. The van der Waals surface area contributed by atoms with Crippen LogP contribution in [0.25, 0.3) is 0 Å². The molecule has 6 nitrogen and oxygen atoms in total. The van der Waals surface area contributed by atoms with Gasteiger partial charge in [-0.1, -0.05) is 41.3 Å². The van der Waals surface area contributed by atoms with Crippen LogP contribution in [0.15, 0.2) is 69.0 Å². The molecule has 0 unspecified atom stereocenters. The summed E-state index contributed by atoms with van der Waals surface area (Å²) in [6, 6.07) is 11.5. The minimum atomic E-state index is -0.0769. The van der Waals surface area contributed by atoms with Crippen LogP contribution in [0.5, 0.6) is 0 Å². The van der Waals surface area contributed by atoms with Crippen LogP contribution in [0.2, 0.25) is 0 Å². The topological polar surface area (TPSA) is 80.0 Å². The number of amides is 1. The number of nitrogens with zero attached hydrogens (tertiary/aromatic N) is 2. The van der Waals surface area contributed by atoms with Gasteiger partial charge in [-0.2, -0.15) is 0 Å². The number of hydrogen-bond acceptors (Lipinski definition) is 8. The van der Waals surface area contributed by atoms with Crippen molar-refractivity contribution in [2.45, 2.75) is 15.8 Å². The van der Waals surface area contributed by atoms with E-state index in [9.17, 15) is 4.79 Å². The number of hydrogen-bond donors (Lipinski definition) is 2. The fourth-order valence-corrected chi connectivity index (χ4v) is 4.37. The van der Waals surface area contributed by atoms with E-state index in [0.29, 0.717) is 11.7 Å². The smallest absolute Gasteiger partial charge is 0.234 e. The summed E-state index contributed by atoms with van der Waals surface area (Å²) in [5.41, 5.74) is 0.813. The highest BCUT2D eigenvalue weighted by Gasteiger charge is 2.10. The van der Waals surface area contributed by atoms with Gasteiger partial charge >= 0.3 is 0 Å². The molecule has 0 aliphatic carbocycles. The summed E-state index contributed by atoms with van der Waals surface area (Å²) in [6.07, 6.45) is 3.47. The van der Waals surface area contributed by atoms with Crippen LogP contribution in [-0.2, 0) is 11.3 Å². The Kier molecular flexibility index (Phi) is 7.37. The van der Waals surface area contributed by atoms with Crippen molar-refractivity contribution < 1.29 is 9.21 Å². The van der Waals surface area contributed by atoms with Crippen LogP contribution in [0.4, 0.5) is 10.8 Å². The first-order chi connectivity index (χ1) is 13.2. The lowest BCUT2D eigenvalue weighted by Crippen LogP contribution is -2.14. The van der Waals surface area contributed by atoms with E-state index in [1.807, 2.05) is 42.5 Å². The maximum atomic E-state index is 12.3. The van der Waals surface area contributed by atoms with Crippen LogP contribution in [0.1, 0.15) is 5.76 Å². The van der Waals surface area contributed by atoms with Gasteiger partial charge in [0.2, 0.25) is 11.0 Å². The van der Waals surface area contributed by atoms with Crippen LogP contribution in [0, 0.1) is 0 Å². The first-order valence-electron chi connectivity index (χ1n) is 8.09. The predicted molar refractivity (Wildman–Crippen MR) is 113 cm³/mol. The number of benzene rings is 1. The van der Waals surface area contributed by atoms with Crippen LogP contribution in [0.3, 0.4) is 0 Å². The van der Waals surface area contributed by atoms with E-state index in [1.54, 1.807) is 18.0 Å². The molecule has 0 bridgehead atoms. The molecular weight excluding hydrogens is 400 g/mol. The Morgan fingerprint density at radius 2 is 2.11 bits per heavy atom. The molecule has 0 fully saturated rings. The summed E-state index contributed by atoms with van der Waals surface area (Å²) in [5, 5.41) is 15.0. The number of thioether (sulfide) groups is 2. The molecule has 140 valence electrons. The van der Waals surface area contributed by atoms with Crippen LogP contribution >= 0.6 is 34.9 Å². The van der Waals surface area contributed by atoms with Crippen LogP contribution < -0.4 is 10.6 Å². The van der Waals surface area contributed by atoms with E-state index in [4.69, 9.17) is 4.42 Å². The van der Waals surface area contributed by atoms with E-state index in [-0.39, 0.29) is 11.7 Å². The Balaban J connectivity index is 1.47. The molecule has 0 saturated carbocycles. The zero-order valence-electron chi connectivity index (χ0n) is 14.4. The van der Waals surface area contributed by atoms with Gasteiger partial charge in [-0.15, -0.1) is 28.5 Å². The fraction of sp³-hybridized carbons (Fsp3) is 0.167. The van der Waals surface area contributed by atoms with Crippen molar-refractivity contribution in [3.63, 3.8) is 0 Å². The minimum Gasteiger partial charge on any atom is -0.467 e. The summed E-state index contributed by atoms with van der Waals surface area (Å²) in [4.78, 5) is 13.3. The molecule has 27 heavy (non-hydrogen) atoms. The number of carbonyl (C=O) groups excluding carboxylic acids is 1. The van der Waals surface area contributed by atoms with Crippen LogP contribution in [-0.4, -0.2) is 27.6 Å². The van der Waals surface area contributed by atoms with Crippen molar-refractivity contribution in [2.24, 2.45) is 0 Å². The summed E-state index contributed by atoms with van der Waals surface area (Å²) < 4.78 is 6.00. The first-order valence-corrected chi connectivity index (χ1v) is 10.9. The van der Waals surface area contributed by atoms with E-state index in [0.717, 1.165) is 26.4 Å². The average molecular weight is 419 g/mol. The third kappa shape index (κ3) is 6.16. The Morgan fingerprint density at radius 3 is 2.93 bits per heavy atom. The lowest BCUT2D eigenvalue weighted by molar-refractivity contribution is -0.113. The van der Waals surface area contributed by atoms with Crippen molar-refractivity contribution in [1.29, 1.82) is 0 Å². The molecule has 9 heteroatoms. The van der Waals surface area contributed by atoms with Gasteiger partial charge in [-0.05, 0) is 24.3 Å². The SMILES string of the molecule is C=CCSc1ccccc1NC(=O)CSc1nnc(NCc2ccco2)s1. The number of carbonyl (C=O) groups is 1. The summed E-state index contributed by atoms with van der Waals surface area (Å²) in [6.45, 7) is 4.27. The predicted octanol–water partition coefficient (Wildman–Crippen LogP) is 4.75. The second-order valence-electron chi connectivity index (χ2n) is 5.24. The van der Waals surface area contributed by atoms with Crippen molar-refractivity contribution >= 4 is 51.6 Å². The minimum absolute atomic E-state index is 0.0769. The highest BCUT2D eigenvalue weighted by atomic mass is 32.2. The molecule has 3 rings (SSSR count). The molecule has 2 heterocycles. The molecule has 0 aliphatic rings. The van der Waals surface area contributed by atoms with Gasteiger partial charge in [0.1, 0.15) is 5.76 Å². The lowest BCUT2D eigenvalue weighted by atomic mass is 10.3. The first kappa shape index (κ1) is 19.5. The second-order valence-corrected chi connectivity index (χ2v) is 8.50. The van der Waals surface area contributed by atoms with Gasteiger partial charge in [0.25, 0.3) is 0 Å². The number of rotatable bonds is 10.